The van der Waals surface area contributed by atoms with Crippen LogP contribution in [0.1, 0.15) is 17.2 Å². The topological polar surface area (TPSA) is 56.5 Å². The summed E-state index contributed by atoms with van der Waals surface area (Å²) in [4.78, 5) is 0. The van der Waals surface area contributed by atoms with Crippen LogP contribution in [0.5, 0.6) is 11.5 Å². The first-order chi connectivity index (χ1) is 10.1. The van der Waals surface area contributed by atoms with E-state index < -0.39 is 0 Å². The van der Waals surface area contributed by atoms with Gasteiger partial charge in [0.25, 0.3) is 0 Å². The van der Waals surface area contributed by atoms with Crippen LogP contribution in [0.3, 0.4) is 0 Å². The second-order valence-electron chi connectivity index (χ2n) is 4.34. The number of methoxy groups -OCH3 is 2. The SMILES string of the molecule is COc1cccc(OC)c1C(NN)c1ccc(Cl)cc1Cl. The fourth-order valence-corrected chi connectivity index (χ4v) is 2.75. The van der Waals surface area contributed by atoms with Gasteiger partial charge >= 0.3 is 0 Å². The molecule has 2 aromatic carbocycles. The molecule has 0 radical (unpaired) electrons. The van der Waals surface area contributed by atoms with Crippen LogP contribution >= 0.6 is 23.2 Å². The first-order valence-electron chi connectivity index (χ1n) is 6.24. The standard InChI is InChI=1S/C15H16Cl2N2O2/c1-20-12-4-3-5-13(21-2)14(12)15(19-18)10-7-6-9(16)8-11(10)17/h3-8,15,19H,18H2,1-2H3. The quantitative estimate of drug-likeness (QED) is 0.651. The molecule has 0 fully saturated rings. The molecule has 0 saturated carbocycles. The molecule has 4 nitrogen and oxygen atoms in total. The van der Waals surface area contributed by atoms with Gasteiger partial charge in [0.05, 0.1) is 25.8 Å². The van der Waals surface area contributed by atoms with Crippen molar-refractivity contribution in [3.05, 3.63) is 57.6 Å². The van der Waals surface area contributed by atoms with Crippen molar-refractivity contribution in [1.29, 1.82) is 0 Å². The fourth-order valence-electron chi connectivity index (χ4n) is 2.23. The Balaban J connectivity index is 2.61. The maximum atomic E-state index is 6.28. The molecule has 21 heavy (non-hydrogen) atoms. The van der Waals surface area contributed by atoms with E-state index in [2.05, 4.69) is 5.43 Å². The third-order valence-electron chi connectivity index (χ3n) is 3.19. The van der Waals surface area contributed by atoms with Crippen molar-refractivity contribution in [3.63, 3.8) is 0 Å². The van der Waals surface area contributed by atoms with Gasteiger partial charge < -0.3 is 9.47 Å². The molecular formula is C15H16Cl2N2O2. The van der Waals surface area contributed by atoms with Gasteiger partial charge in [-0.3, -0.25) is 5.84 Å². The molecule has 0 saturated heterocycles. The van der Waals surface area contributed by atoms with Crippen molar-refractivity contribution < 1.29 is 9.47 Å². The van der Waals surface area contributed by atoms with Gasteiger partial charge in [0.2, 0.25) is 0 Å². The van der Waals surface area contributed by atoms with Gasteiger partial charge in [0.15, 0.2) is 0 Å². The third-order valence-corrected chi connectivity index (χ3v) is 3.76. The lowest BCUT2D eigenvalue weighted by Gasteiger charge is -2.23. The van der Waals surface area contributed by atoms with Crippen LogP contribution in [0.25, 0.3) is 0 Å². The minimum atomic E-state index is -0.388. The summed E-state index contributed by atoms with van der Waals surface area (Å²) in [6.07, 6.45) is 0. The van der Waals surface area contributed by atoms with Crippen LogP contribution in [0.4, 0.5) is 0 Å². The number of nitrogens with one attached hydrogen (secondary N) is 1. The number of hydrogen-bond acceptors (Lipinski definition) is 4. The molecule has 0 spiro atoms. The molecule has 0 aliphatic carbocycles. The van der Waals surface area contributed by atoms with Crippen LogP contribution < -0.4 is 20.7 Å². The summed E-state index contributed by atoms with van der Waals surface area (Å²) < 4.78 is 10.8. The summed E-state index contributed by atoms with van der Waals surface area (Å²) in [5.41, 5.74) is 4.31. The Labute approximate surface area is 133 Å². The minimum Gasteiger partial charge on any atom is -0.496 e. The molecule has 0 aliphatic rings. The van der Waals surface area contributed by atoms with Crippen molar-refractivity contribution in [1.82, 2.24) is 5.43 Å². The van der Waals surface area contributed by atoms with Gasteiger partial charge in [-0.25, -0.2) is 5.43 Å². The Kier molecular flexibility index (Phi) is 5.31. The maximum Gasteiger partial charge on any atom is 0.127 e. The summed E-state index contributed by atoms with van der Waals surface area (Å²) in [6, 6.07) is 10.4. The van der Waals surface area contributed by atoms with Crippen LogP contribution in [0, 0.1) is 0 Å². The van der Waals surface area contributed by atoms with Gasteiger partial charge in [0.1, 0.15) is 11.5 Å². The second-order valence-corrected chi connectivity index (χ2v) is 5.19. The number of ether oxygens (including phenoxy) is 2. The number of hydrogen-bond donors (Lipinski definition) is 2. The molecule has 2 aromatic rings. The summed E-state index contributed by atoms with van der Waals surface area (Å²) in [5.74, 6) is 7.05. The predicted octanol–water partition coefficient (Wildman–Crippen LogP) is 3.56. The first kappa shape index (κ1) is 15.9. The molecule has 0 aliphatic heterocycles. The van der Waals surface area contributed by atoms with Crippen molar-refractivity contribution in [2.45, 2.75) is 6.04 Å². The largest absolute Gasteiger partial charge is 0.496 e. The smallest absolute Gasteiger partial charge is 0.127 e. The summed E-state index contributed by atoms with van der Waals surface area (Å²) in [5, 5.41) is 1.07. The molecule has 112 valence electrons. The van der Waals surface area contributed by atoms with Gasteiger partial charge in [-0.05, 0) is 29.8 Å². The van der Waals surface area contributed by atoms with E-state index >= 15 is 0 Å². The molecule has 6 heteroatoms. The van der Waals surface area contributed by atoms with E-state index in [4.69, 9.17) is 38.5 Å². The first-order valence-corrected chi connectivity index (χ1v) is 7.00. The normalized spacial score (nSPS) is 12.0. The molecule has 2 rings (SSSR count). The Hall–Kier alpha value is -1.46. The van der Waals surface area contributed by atoms with Crippen LogP contribution in [0.2, 0.25) is 10.0 Å². The molecule has 0 bridgehead atoms. The van der Waals surface area contributed by atoms with E-state index in [-0.39, 0.29) is 6.04 Å². The molecule has 3 N–H and O–H groups in total. The van der Waals surface area contributed by atoms with Crippen molar-refractivity contribution >= 4 is 23.2 Å². The van der Waals surface area contributed by atoms with Crippen LogP contribution in [-0.2, 0) is 0 Å². The third kappa shape index (κ3) is 3.24. The van der Waals surface area contributed by atoms with Crippen molar-refractivity contribution in [2.75, 3.05) is 14.2 Å². The lowest BCUT2D eigenvalue weighted by molar-refractivity contribution is 0.377. The average Bonchev–Trinajstić information content (AvgIpc) is 2.49. The maximum absolute atomic E-state index is 6.28. The number of rotatable bonds is 5. The lowest BCUT2D eigenvalue weighted by Crippen LogP contribution is -2.29. The predicted molar refractivity (Wildman–Crippen MR) is 85.2 cm³/mol. The molecule has 1 atom stereocenters. The summed E-state index contributed by atoms with van der Waals surface area (Å²) >= 11 is 12.2. The van der Waals surface area contributed by atoms with Crippen LogP contribution in [-0.4, -0.2) is 14.2 Å². The van der Waals surface area contributed by atoms with Gasteiger partial charge in [-0.2, -0.15) is 0 Å². The highest BCUT2D eigenvalue weighted by Gasteiger charge is 2.23. The number of hydrazine groups is 1. The molecular weight excluding hydrogens is 311 g/mol. The van der Waals surface area contributed by atoms with Crippen LogP contribution in [0.15, 0.2) is 36.4 Å². The summed E-state index contributed by atoms with van der Waals surface area (Å²) in [6.45, 7) is 0. The van der Waals surface area contributed by atoms with E-state index in [1.54, 1.807) is 26.4 Å². The van der Waals surface area contributed by atoms with E-state index in [9.17, 15) is 0 Å². The number of nitrogens with two attached hydrogens (primary N) is 1. The highest BCUT2D eigenvalue weighted by atomic mass is 35.5. The number of halogens is 2. The Morgan fingerprint density at radius 1 is 1.05 bits per heavy atom. The zero-order chi connectivity index (χ0) is 15.4. The van der Waals surface area contributed by atoms with E-state index in [0.717, 1.165) is 11.1 Å². The Morgan fingerprint density at radius 3 is 2.14 bits per heavy atom. The zero-order valence-corrected chi connectivity index (χ0v) is 13.2. The van der Waals surface area contributed by atoms with Crippen molar-refractivity contribution in [2.24, 2.45) is 5.84 Å². The van der Waals surface area contributed by atoms with Crippen molar-refractivity contribution in [3.8, 4) is 11.5 Å². The second kappa shape index (κ2) is 7.00. The Bertz CT molecular complexity index is 613. The van der Waals surface area contributed by atoms with E-state index in [1.165, 1.54) is 0 Å². The van der Waals surface area contributed by atoms with Gasteiger partial charge in [-0.15, -0.1) is 0 Å². The van der Waals surface area contributed by atoms with Gasteiger partial charge in [0, 0.05) is 10.0 Å². The average molecular weight is 327 g/mol. The molecule has 0 amide bonds. The minimum absolute atomic E-state index is 0.388. The van der Waals surface area contributed by atoms with Gasteiger partial charge in [-0.1, -0.05) is 35.3 Å². The zero-order valence-electron chi connectivity index (χ0n) is 11.7. The van der Waals surface area contributed by atoms with E-state index in [0.29, 0.717) is 21.5 Å². The summed E-state index contributed by atoms with van der Waals surface area (Å²) in [7, 11) is 3.19. The highest BCUT2D eigenvalue weighted by molar-refractivity contribution is 6.35. The van der Waals surface area contributed by atoms with E-state index in [1.807, 2.05) is 24.3 Å². The molecule has 1 unspecified atom stereocenters. The fraction of sp³-hybridized carbons (Fsp3) is 0.200. The highest BCUT2D eigenvalue weighted by Crippen LogP contribution is 2.39. The molecule has 0 heterocycles. The number of benzene rings is 2. The Morgan fingerprint density at radius 2 is 1.67 bits per heavy atom. The molecule has 0 aromatic heterocycles. The monoisotopic (exact) mass is 326 g/mol. The lowest BCUT2D eigenvalue weighted by atomic mass is 9.97.